The molecule has 0 bridgehead atoms. The van der Waals surface area contributed by atoms with Crippen molar-refractivity contribution in [2.45, 2.75) is 45.1 Å². The molecule has 0 aliphatic heterocycles. The molecule has 1 aromatic rings. The summed E-state index contributed by atoms with van der Waals surface area (Å²) in [5.41, 5.74) is 0.159. The Balaban J connectivity index is 3.02. The van der Waals surface area contributed by atoms with Crippen LogP contribution in [-0.4, -0.2) is 32.0 Å². The summed E-state index contributed by atoms with van der Waals surface area (Å²) in [7, 11) is -3.68. The fraction of sp³-hybridized carbons (Fsp3) is 0.533. The molecular weight excluding hydrogens is 290 g/mol. The van der Waals surface area contributed by atoms with Crippen molar-refractivity contribution in [3.05, 3.63) is 29.8 Å². The van der Waals surface area contributed by atoms with E-state index >= 15 is 0 Å². The lowest BCUT2D eigenvalue weighted by molar-refractivity contribution is 0.101. The summed E-state index contributed by atoms with van der Waals surface area (Å²) in [6.45, 7) is 7.07. The summed E-state index contributed by atoms with van der Waals surface area (Å²) in [6, 6.07) is 5.44. The number of carbonyl (C=O) groups excluding carboxylic acids is 1. The van der Waals surface area contributed by atoms with Crippen LogP contribution in [0.3, 0.4) is 0 Å². The molecule has 0 aliphatic rings. The fourth-order valence-electron chi connectivity index (χ4n) is 1.92. The van der Waals surface area contributed by atoms with Crippen molar-refractivity contribution in [1.82, 2.24) is 4.72 Å². The predicted octanol–water partition coefficient (Wildman–Crippen LogP) is 1.96. The zero-order valence-electron chi connectivity index (χ0n) is 12.9. The Bertz CT molecular complexity index is 585. The minimum atomic E-state index is -3.68. The maximum atomic E-state index is 12.4. The van der Waals surface area contributed by atoms with Gasteiger partial charge in [0.2, 0.25) is 10.0 Å². The lowest BCUT2D eigenvalue weighted by atomic mass is 9.86. The molecule has 1 rings (SSSR count). The first-order valence-corrected chi connectivity index (χ1v) is 8.30. The number of carbonyl (C=O) groups is 1. The summed E-state index contributed by atoms with van der Waals surface area (Å²) in [4.78, 5) is 11.3. The largest absolute Gasteiger partial charge is 0.396 e. The van der Waals surface area contributed by atoms with Crippen molar-refractivity contribution in [3.63, 3.8) is 0 Å². The van der Waals surface area contributed by atoms with E-state index in [0.29, 0.717) is 12.0 Å². The number of aliphatic hydroxyl groups is 1. The second kappa shape index (κ2) is 6.68. The molecule has 118 valence electrons. The third kappa shape index (κ3) is 4.91. The number of nitrogens with one attached hydrogen (secondary N) is 1. The third-order valence-corrected chi connectivity index (χ3v) is 4.82. The monoisotopic (exact) mass is 313 g/mol. The molecule has 0 saturated carbocycles. The molecule has 0 spiro atoms. The van der Waals surface area contributed by atoms with Gasteiger partial charge in [-0.3, -0.25) is 4.79 Å². The van der Waals surface area contributed by atoms with Gasteiger partial charge in [-0.1, -0.05) is 32.9 Å². The van der Waals surface area contributed by atoms with Gasteiger partial charge in [-0.15, -0.1) is 0 Å². The van der Waals surface area contributed by atoms with E-state index in [1.165, 1.54) is 31.2 Å². The normalized spacial score (nSPS) is 14.0. The molecule has 1 atom stereocenters. The van der Waals surface area contributed by atoms with Gasteiger partial charge >= 0.3 is 0 Å². The highest BCUT2D eigenvalue weighted by Crippen LogP contribution is 2.24. The molecule has 0 amide bonds. The number of rotatable bonds is 6. The predicted molar refractivity (Wildman–Crippen MR) is 81.7 cm³/mol. The Hall–Kier alpha value is -1.24. The molecule has 0 aliphatic carbocycles. The van der Waals surface area contributed by atoms with Gasteiger partial charge in [0.15, 0.2) is 5.78 Å². The summed E-state index contributed by atoms with van der Waals surface area (Å²) in [6.07, 6.45) is 0.342. The minimum Gasteiger partial charge on any atom is -0.396 e. The summed E-state index contributed by atoms with van der Waals surface area (Å²) >= 11 is 0. The number of benzene rings is 1. The van der Waals surface area contributed by atoms with Crippen LogP contribution >= 0.6 is 0 Å². The summed E-state index contributed by atoms with van der Waals surface area (Å²) in [5.74, 6) is -0.111. The summed E-state index contributed by atoms with van der Waals surface area (Å²) < 4.78 is 27.4. The van der Waals surface area contributed by atoms with E-state index in [1.807, 2.05) is 20.8 Å². The van der Waals surface area contributed by atoms with Crippen molar-refractivity contribution in [2.75, 3.05) is 6.61 Å². The maximum absolute atomic E-state index is 12.4. The van der Waals surface area contributed by atoms with E-state index in [4.69, 9.17) is 5.11 Å². The van der Waals surface area contributed by atoms with Gasteiger partial charge in [0.05, 0.1) is 4.90 Å². The number of hydrogen-bond donors (Lipinski definition) is 2. The zero-order valence-corrected chi connectivity index (χ0v) is 13.7. The highest BCUT2D eigenvalue weighted by atomic mass is 32.2. The molecule has 0 aromatic heterocycles. The smallest absolute Gasteiger partial charge is 0.240 e. The van der Waals surface area contributed by atoms with Gasteiger partial charge in [-0.2, -0.15) is 0 Å². The Labute approximate surface area is 126 Å². The standard InChI is InChI=1S/C15H23NO4S/c1-11(18)12-5-7-13(8-6-12)21(19,20)16-14(9-10-17)15(2,3)4/h5-8,14,16-17H,9-10H2,1-4H3. The zero-order chi connectivity index (χ0) is 16.3. The molecule has 0 saturated heterocycles. The second-order valence-corrected chi connectivity index (χ2v) is 7.85. The average molecular weight is 313 g/mol. The van der Waals surface area contributed by atoms with E-state index in [9.17, 15) is 13.2 Å². The second-order valence-electron chi connectivity index (χ2n) is 6.13. The van der Waals surface area contributed by atoms with E-state index in [0.717, 1.165) is 0 Å². The van der Waals surface area contributed by atoms with E-state index < -0.39 is 10.0 Å². The third-order valence-electron chi connectivity index (χ3n) is 3.33. The quantitative estimate of drug-likeness (QED) is 0.786. The van der Waals surface area contributed by atoms with Crippen LogP contribution in [0.2, 0.25) is 0 Å². The Kier molecular flexibility index (Phi) is 5.67. The van der Waals surface area contributed by atoms with E-state index in [-0.39, 0.29) is 28.7 Å². The van der Waals surface area contributed by atoms with Crippen LogP contribution in [0.25, 0.3) is 0 Å². The molecule has 0 heterocycles. The topological polar surface area (TPSA) is 83.5 Å². The van der Waals surface area contributed by atoms with Crippen LogP contribution in [0.4, 0.5) is 0 Å². The molecular formula is C15H23NO4S. The van der Waals surface area contributed by atoms with Crippen molar-refractivity contribution >= 4 is 15.8 Å². The van der Waals surface area contributed by atoms with Crippen molar-refractivity contribution in [2.24, 2.45) is 5.41 Å². The van der Waals surface area contributed by atoms with E-state index in [1.54, 1.807) is 0 Å². The molecule has 1 unspecified atom stereocenters. The number of Topliss-reactive ketones (excluding diaryl/α,β-unsaturated/α-hetero) is 1. The van der Waals surface area contributed by atoms with Crippen LogP contribution in [0.15, 0.2) is 29.2 Å². The van der Waals surface area contributed by atoms with Crippen molar-refractivity contribution in [1.29, 1.82) is 0 Å². The highest BCUT2D eigenvalue weighted by molar-refractivity contribution is 7.89. The molecule has 6 heteroatoms. The Morgan fingerprint density at radius 1 is 1.24 bits per heavy atom. The number of hydrogen-bond acceptors (Lipinski definition) is 4. The number of sulfonamides is 1. The van der Waals surface area contributed by atoms with Crippen LogP contribution in [0.1, 0.15) is 44.5 Å². The Morgan fingerprint density at radius 3 is 2.14 bits per heavy atom. The highest BCUT2D eigenvalue weighted by Gasteiger charge is 2.29. The Morgan fingerprint density at radius 2 is 1.76 bits per heavy atom. The molecule has 2 N–H and O–H groups in total. The molecule has 5 nitrogen and oxygen atoms in total. The minimum absolute atomic E-state index is 0.0896. The molecule has 1 aromatic carbocycles. The van der Waals surface area contributed by atoms with Gasteiger partial charge < -0.3 is 5.11 Å². The molecule has 0 fully saturated rings. The van der Waals surface area contributed by atoms with Crippen molar-refractivity contribution < 1.29 is 18.3 Å². The van der Waals surface area contributed by atoms with Gasteiger partial charge in [-0.05, 0) is 30.9 Å². The number of ketones is 1. The first-order chi connectivity index (χ1) is 9.58. The lowest BCUT2D eigenvalue weighted by Crippen LogP contribution is -2.44. The van der Waals surface area contributed by atoms with Crippen molar-refractivity contribution in [3.8, 4) is 0 Å². The van der Waals surface area contributed by atoms with Gasteiger partial charge in [0.1, 0.15) is 0 Å². The number of aliphatic hydroxyl groups excluding tert-OH is 1. The van der Waals surface area contributed by atoms with Crippen LogP contribution in [0, 0.1) is 5.41 Å². The van der Waals surface area contributed by atoms with Gasteiger partial charge in [-0.25, -0.2) is 13.1 Å². The first-order valence-electron chi connectivity index (χ1n) is 6.82. The van der Waals surface area contributed by atoms with Crippen LogP contribution in [-0.2, 0) is 10.0 Å². The average Bonchev–Trinajstić information content (AvgIpc) is 2.37. The molecule has 0 radical (unpaired) electrons. The SMILES string of the molecule is CC(=O)c1ccc(S(=O)(=O)NC(CCO)C(C)(C)C)cc1. The maximum Gasteiger partial charge on any atom is 0.240 e. The van der Waals surface area contributed by atoms with Gasteiger partial charge in [0, 0.05) is 18.2 Å². The van der Waals surface area contributed by atoms with Crippen LogP contribution in [0.5, 0.6) is 0 Å². The summed E-state index contributed by atoms with van der Waals surface area (Å²) in [5, 5.41) is 9.09. The molecule has 21 heavy (non-hydrogen) atoms. The fourth-order valence-corrected chi connectivity index (χ4v) is 3.40. The van der Waals surface area contributed by atoms with Crippen LogP contribution < -0.4 is 4.72 Å². The van der Waals surface area contributed by atoms with E-state index in [2.05, 4.69) is 4.72 Å². The first kappa shape index (κ1) is 17.8. The lowest BCUT2D eigenvalue weighted by Gasteiger charge is -2.30. The van der Waals surface area contributed by atoms with Gasteiger partial charge in [0.25, 0.3) is 0 Å².